The van der Waals surface area contributed by atoms with E-state index in [4.69, 9.17) is 4.74 Å². The number of amides is 2. The summed E-state index contributed by atoms with van der Waals surface area (Å²) in [7, 11) is 0. The lowest BCUT2D eigenvalue weighted by Crippen LogP contribution is -2.49. The molecule has 30 heavy (non-hydrogen) atoms. The van der Waals surface area contributed by atoms with Gasteiger partial charge in [-0.25, -0.2) is 0 Å². The molecule has 2 amide bonds. The molecule has 0 spiro atoms. The molecule has 2 unspecified atom stereocenters. The second-order valence-corrected chi connectivity index (χ2v) is 8.75. The quantitative estimate of drug-likeness (QED) is 0.741. The van der Waals surface area contributed by atoms with E-state index in [1.54, 1.807) is 24.3 Å². The molecule has 6 nitrogen and oxygen atoms in total. The van der Waals surface area contributed by atoms with Crippen LogP contribution in [0.3, 0.4) is 0 Å². The van der Waals surface area contributed by atoms with Crippen LogP contribution < -0.4 is 10.1 Å². The fourth-order valence-corrected chi connectivity index (χ4v) is 4.62. The first-order valence-corrected chi connectivity index (χ1v) is 11.6. The van der Waals surface area contributed by atoms with Gasteiger partial charge in [0, 0.05) is 30.7 Å². The van der Waals surface area contributed by atoms with Crippen molar-refractivity contribution in [1.29, 1.82) is 0 Å². The number of hydrogen-bond acceptors (Lipinski definition) is 4. The Balaban J connectivity index is 1.41. The number of rotatable bonds is 7. The first-order chi connectivity index (χ1) is 14.5. The van der Waals surface area contributed by atoms with Crippen LogP contribution >= 0.6 is 0 Å². The molecule has 0 bridgehead atoms. The minimum Gasteiger partial charge on any atom is -0.484 e. The number of carbonyl (C=O) groups excluding carboxylic acids is 2. The van der Waals surface area contributed by atoms with Crippen molar-refractivity contribution in [3.05, 3.63) is 29.8 Å². The summed E-state index contributed by atoms with van der Waals surface area (Å²) in [6.45, 7) is 8.09. The molecule has 1 aromatic rings. The molecule has 0 saturated carbocycles. The van der Waals surface area contributed by atoms with E-state index in [-0.39, 0.29) is 30.5 Å². The van der Waals surface area contributed by atoms with Crippen molar-refractivity contribution in [2.75, 3.05) is 32.8 Å². The predicted octanol–water partition coefficient (Wildman–Crippen LogP) is 3.46. The minimum absolute atomic E-state index is 0.0324. The van der Waals surface area contributed by atoms with E-state index < -0.39 is 0 Å². The lowest BCUT2D eigenvalue weighted by atomic mass is 9.97. The van der Waals surface area contributed by atoms with Gasteiger partial charge in [0.15, 0.2) is 6.61 Å². The molecule has 0 radical (unpaired) electrons. The Kier molecular flexibility index (Phi) is 8.55. The number of ether oxygens (including phenoxy) is 1. The van der Waals surface area contributed by atoms with Gasteiger partial charge in [-0.1, -0.05) is 12.8 Å². The maximum Gasteiger partial charge on any atom is 0.260 e. The SMILES string of the molecule is CC1CCCC(C)N1C(=O)COc1ccc(C(=O)NCCN2CCCCCC2)cc1. The van der Waals surface area contributed by atoms with E-state index in [9.17, 15) is 9.59 Å². The van der Waals surface area contributed by atoms with E-state index in [1.807, 2.05) is 4.90 Å². The third-order valence-electron chi connectivity index (χ3n) is 6.37. The van der Waals surface area contributed by atoms with Gasteiger partial charge >= 0.3 is 0 Å². The van der Waals surface area contributed by atoms with Gasteiger partial charge in [0.1, 0.15) is 5.75 Å². The van der Waals surface area contributed by atoms with Gasteiger partial charge in [0.05, 0.1) is 0 Å². The van der Waals surface area contributed by atoms with E-state index in [2.05, 4.69) is 24.1 Å². The summed E-state index contributed by atoms with van der Waals surface area (Å²) in [5.41, 5.74) is 0.614. The molecule has 2 aliphatic rings. The largest absolute Gasteiger partial charge is 0.484 e. The van der Waals surface area contributed by atoms with Gasteiger partial charge < -0.3 is 19.9 Å². The molecule has 1 N–H and O–H groups in total. The first-order valence-electron chi connectivity index (χ1n) is 11.6. The van der Waals surface area contributed by atoms with Crippen molar-refractivity contribution < 1.29 is 14.3 Å². The molecule has 2 aliphatic heterocycles. The average Bonchev–Trinajstić information content (AvgIpc) is 3.01. The lowest BCUT2D eigenvalue weighted by molar-refractivity contribution is -0.139. The Morgan fingerprint density at radius 3 is 2.23 bits per heavy atom. The Morgan fingerprint density at radius 2 is 1.60 bits per heavy atom. The fraction of sp³-hybridized carbons (Fsp3) is 0.667. The van der Waals surface area contributed by atoms with Crippen LogP contribution in [0.15, 0.2) is 24.3 Å². The summed E-state index contributed by atoms with van der Waals surface area (Å²) in [6, 6.07) is 7.58. The normalized spacial score (nSPS) is 22.9. The number of piperidine rings is 1. The Bertz CT molecular complexity index is 673. The van der Waals surface area contributed by atoms with E-state index >= 15 is 0 Å². The molecule has 2 saturated heterocycles. The molecule has 0 aromatic heterocycles. The summed E-state index contributed by atoms with van der Waals surface area (Å²) in [4.78, 5) is 29.3. The maximum absolute atomic E-state index is 12.6. The van der Waals surface area contributed by atoms with Gasteiger partial charge in [-0.15, -0.1) is 0 Å². The number of nitrogens with zero attached hydrogens (tertiary/aromatic N) is 2. The van der Waals surface area contributed by atoms with Crippen molar-refractivity contribution in [1.82, 2.24) is 15.1 Å². The van der Waals surface area contributed by atoms with E-state index in [0.29, 0.717) is 17.9 Å². The van der Waals surface area contributed by atoms with Crippen LogP contribution in [0.25, 0.3) is 0 Å². The van der Waals surface area contributed by atoms with Gasteiger partial charge in [0.25, 0.3) is 11.8 Å². The minimum atomic E-state index is -0.0663. The average molecular weight is 416 g/mol. The van der Waals surface area contributed by atoms with Crippen LogP contribution in [0.4, 0.5) is 0 Å². The number of hydrogen-bond donors (Lipinski definition) is 1. The number of nitrogens with one attached hydrogen (secondary N) is 1. The molecule has 3 rings (SSSR count). The van der Waals surface area contributed by atoms with Crippen LogP contribution in [-0.4, -0.2) is 66.5 Å². The Labute approximate surface area is 180 Å². The summed E-state index contributed by atoms with van der Waals surface area (Å²) in [6.07, 6.45) is 8.43. The van der Waals surface area contributed by atoms with Crippen molar-refractivity contribution in [2.45, 2.75) is 70.9 Å². The molecular weight excluding hydrogens is 378 g/mol. The van der Waals surface area contributed by atoms with Crippen LogP contribution in [0, 0.1) is 0 Å². The second-order valence-electron chi connectivity index (χ2n) is 8.75. The fourth-order valence-electron chi connectivity index (χ4n) is 4.62. The first kappa shape index (κ1) is 22.6. The molecule has 6 heteroatoms. The monoisotopic (exact) mass is 415 g/mol. The highest BCUT2D eigenvalue weighted by molar-refractivity contribution is 5.94. The molecule has 0 aliphatic carbocycles. The highest BCUT2D eigenvalue weighted by Crippen LogP contribution is 2.23. The highest BCUT2D eigenvalue weighted by Gasteiger charge is 2.28. The van der Waals surface area contributed by atoms with Crippen LogP contribution in [0.1, 0.15) is 69.2 Å². The van der Waals surface area contributed by atoms with Gasteiger partial charge in [-0.3, -0.25) is 9.59 Å². The smallest absolute Gasteiger partial charge is 0.260 e. The maximum atomic E-state index is 12.6. The summed E-state index contributed by atoms with van der Waals surface area (Å²) in [5.74, 6) is 0.579. The summed E-state index contributed by atoms with van der Waals surface area (Å²) >= 11 is 0. The van der Waals surface area contributed by atoms with Crippen LogP contribution in [0.5, 0.6) is 5.75 Å². The van der Waals surface area contributed by atoms with Gasteiger partial charge in [-0.05, 0) is 83.3 Å². The Morgan fingerprint density at radius 1 is 0.967 bits per heavy atom. The van der Waals surface area contributed by atoms with Crippen molar-refractivity contribution in [2.24, 2.45) is 0 Å². The molecular formula is C24H37N3O3. The van der Waals surface area contributed by atoms with Crippen molar-refractivity contribution in [3.63, 3.8) is 0 Å². The molecule has 2 heterocycles. The summed E-state index contributed by atoms with van der Waals surface area (Å²) in [5, 5.41) is 3.01. The van der Waals surface area contributed by atoms with Crippen molar-refractivity contribution >= 4 is 11.8 Å². The van der Waals surface area contributed by atoms with Gasteiger partial charge in [-0.2, -0.15) is 0 Å². The highest BCUT2D eigenvalue weighted by atomic mass is 16.5. The van der Waals surface area contributed by atoms with E-state index in [0.717, 1.165) is 32.5 Å². The number of carbonyl (C=O) groups is 2. The topological polar surface area (TPSA) is 61.9 Å². The third kappa shape index (κ3) is 6.46. The molecule has 166 valence electrons. The second kappa shape index (κ2) is 11.3. The summed E-state index contributed by atoms with van der Waals surface area (Å²) < 4.78 is 5.70. The van der Waals surface area contributed by atoms with Crippen LogP contribution in [0.2, 0.25) is 0 Å². The zero-order chi connectivity index (χ0) is 21.3. The Hall–Kier alpha value is -2.08. The standard InChI is InChI=1S/C24H37N3O3/c1-19-8-7-9-20(2)27(19)23(28)18-30-22-12-10-21(11-13-22)24(29)25-14-17-26-15-5-3-4-6-16-26/h10-13,19-20H,3-9,14-18H2,1-2H3,(H,25,29). The molecule has 2 atom stereocenters. The zero-order valence-corrected chi connectivity index (χ0v) is 18.6. The molecule has 1 aromatic carbocycles. The van der Waals surface area contributed by atoms with Crippen molar-refractivity contribution in [3.8, 4) is 5.75 Å². The number of benzene rings is 1. The predicted molar refractivity (Wildman–Crippen MR) is 119 cm³/mol. The van der Waals surface area contributed by atoms with E-state index in [1.165, 1.54) is 32.1 Å². The van der Waals surface area contributed by atoms with Crippen LogP contribution in [-0.2, 0) is 4.79 Å². The third-order valence-corrected chi connectivity index (χ3v) is 6.37. The van der Waals surface area contributed by atoms with Gasteiger partial charge in [0.2, 0.25) is 0 Å². The molecule has 2 fully saturated rings. The lowest BCUT2D eigenvalue weighted by Gasteiger charge is -2.38. The zero-order valence-electron chi connectivity index (χ0n) is 18.6. The number of likely N-dealkylation sites (tertiary alicyclic amines) is 2.